The number of rotatable bonds is 4. The molecule has 1 aliphatic heterocycles. The van der Waals surface area contributed by atoms with Gasteiger partial charge in [-0.15, -0.1) is 0 Å². The highest BCUT2D eigenvalue weighted by Gasteiger charge is 2.23. The Morgan fingerprint density at radius 1 is 1.23 bits per heavy atom. The molecular weight excluding hydrogens is 324 g/mol. The molecule has 134 valence electrons. The van der Waals surface area contributed by atoms with Crippen molar-refractivity contribution in [3.63, 3.8) is 0 Å². The molecular formula is C22H24N2O2. The number of benzene rings is 2. The molecule has 4 nitrogen and oxygen atoms in total. The molecule has 3 aromatic rings. The Bertz CT molecular complexity index is 929. The highest BCUT2D eigenvalue weighted by Crippen LogP contribution is 2.26. The number of nitrogens with one attached hydrogen (secondary N) is 2. The van der Waals surface area contributed by atoms with Gasteiger partial charge >= 0.3 is 0 Å². The summed E-state index contributed by atoms with van der Waals surface area (Å²) in [4.78, 5) is 16.0. The van der Waals surface area contributed by atoms with E-state index in [-0.39, 0.29) is 11.8 Å². The maximum absolute atomic E-state index is 12.6. The standard InChI is InChI=1S/C22H24N2O2/c1-15-5-4-7-19-18(14-24-21(15)19)9-11-23-22(25)17-10-12-26-20-8-3-2-6-16(20)13-17/h2-8,14,17,24H,9-13H2,1H3,(H,23,25)/t17-/m0/s1. The van der Waals surface area contributed by atoms with Crippen LogP contribution >= 0.6 is 0 Å². The molecule has 2 heterocycles. The van der Waals surface area contributed by atoms with Gasteiger partial charge in [0.05, 0.1) is 6.61 Å². The molecule has 0 aliphatic carbocycles. The number of hydrogen-bond donors (Lipinski definition) is 2. The molecule has 1 atom stereocenters. The molecule has 4 heteroatoms. The lowest BCUT2D eigenvalue weighted by molar-refractivity contribution is -0.125. The van der Waals surface area contributed by atoms with Crippen molar-refractivity contribution in [2.45, 2.75) is 26.2 Å². The number of fused-ring (bicyclic) bond motifs is 2. The third-order valence-electron chi connectivity index (χ3n) is 5.24. The third kappa shape index (κ3) is 3.32. The van der Waals surface area contributed by atoms with E-state index in [9.17, 15) is 4.79 Å². The normalized spacial score (nSPS) is 16.6. The Morgan fingerprint density at radius 3 is 3.04 bits per heavy atom. The molecule has 26 heavy (non-hydrogen) atoms. The van der Waals surface area contributed by atoms with Gasteiger partial charge in [0.2, 0.25) is 5.91 Å². The van der Waals surface area contributed by atoms with E-state index in [0.29, 0.717) is 13.2 Å². The van der Waals surface area contributed by atoms with Crippen molar-refractivity contribution < 1.29 is 9.53 Å². The van der Waals surface area contributed by atoms with E-state index in [1.54, 1.807) is 0 Å². The quantitative estimate of drug-likeness (QED) is 0.754. The smallest absolute Gasteiger partial charge is 0.223 e. The minimum absolute atomic E-state index is 0.0242. The van der Waals surface area contributed by atoms with E-state index >= 15 is 0 Å². The number of aromatic amines is 1. The zero-order valence-corrected chi connectivity index (χ0v) is 15.0. The van der Waals surface area contributed by atoms with E-state index < -0.39 is 0 Å². The van der Waals surface area contributed by atoms with Gasteiger partial charge < -0.3 is 15.0 Å². The van der Waals surface area contributed by atoms with Crippen molar-refractivity contribution in [1.82, 2.24) is 10.3 Å². The van der Waals surface area contributed by atoms with Crippen LogP contribution in [0.1, 0.15) is 23.1 Å². The van der Waals surface area contributed by atoms with Crippen LogP contribution in [-0.2, 0) is 17.6 Å². The first-order valence-electron chi connectivity index (χ1n) is 9.26. The number of H-pyrrole nitrogens is 1. The second-order valence-electron chi connectivity index (χ2n) is 7.00. The molecule has 4 rings (SSSR count). The van der Waals surface area contributed by atoms with Crippen LogP contribution in [0.5, 0.6) is 5.75 Å². The summed E-state index contributed by atoms with van der Waals surface area (Å²) >= 11 is 0. The van der Waals surface area contributed by atoms with Gasteiger partial charge in [-0.1, -0.05) is 36.4 Å². The molecule has 0 bridgehead atoms. The summed E-state index contributed by atoms with van der Waals surface area (Å²) in [6, 6.07) is 14.3. The number of para-hydroxylation sites is 2. The monoisotopic (exact) mass is 348 g/mol. The number of carbonyl (C=O) groups is 1. The van der Waals surface area contributed by atoms with Crippen molar-refractivity contribution in [2.75, 3.05) is 13.2 Å². The van der Waals surface area contributed by atoms with Crippen LogP contribution in [0, 0.1) is 12.8 Å². The van der Waals surface area contributed by atoms with Crippen LogP contribution in [0.3, 0.4) is 0 Å². The molecule has 1 aliphatic rings. The summed E-state index contributed by atoms with van der Waals surface area (Å²) in [6.07, 6.45) is 4.38. The number of aromatic nitrogens is 1. The predicted octanol–water partition coefficient (Wildman–Crippen LogP) is 3.78. The van der Waals surface area contributed by atoms with Crippen molar-refractivity contribution in [2.24, 2.45) is 5.92 Å². The van der Waals surface area contributed by atoms with E-state index in [1.165, 1.54) is 22.0 Å². The fourth-order valence-corrected chi connectivity index (χ4v) is 3.75. The summed E-state index contributed by atoms with van der Waals surface area (Å²) in [5, 5.41) is 4.37. The lowest BCUT2D eigenvalue weighted by atomic mass is 9.96. The Kier molecular flexibility index (Phi) is 4.65. The van der Waals surface area contributed by atoms with Gasteiger partial charge in [0.1, 0.15) is 5.75 Å². The van der Waals surface area contributed by atoms with Crippen LogP contribution in [0.25, 0.3) is 10.9 Å². The van der Waals surface area contributed by atoms with Gasteiger partial charge in [-0.05, 0) is 48.9 Å². The number of amides is 1. The Balaban J connectivity index is 1.37. The van der Waals surface area contributed by atoms with Crippen molar-refractivity contribution >= 4 is 16.8 Å². The number of ether oxygens (including phenoxy) is 1. The van der Waals surface area contributed by atoms with Crippen molar-refractivity contribution in [3.8, 4) is 5.75 Å². The van der Waals surface area contributed by atoms with Crippen LogP contribution in [-0.4, -0.2) is 24.0 Å². The highest BCUT2D eigenvalue weighted by molar-refractivity contribution is 5.86. The summed E-state index contributed by atoms with van der Waals surface area (Å²) in [5.74, 6) is 1.02. The second kappa shape index (κ2) is 7.24. The lowest BCUT2D eigenvalue weighted by Gasteiger charge is -2.14. The average Bonchev–Trinajstić information content (AvgIpc) is 2.94. The fraction of sp³-hybridized carbons (Fsp3) is 0.318. The van der Waals surface area contributed by atoms with Gasteiger partial charge in [0, 0.05) is 29.6 Å². The van der Waals surface area contributed by atoms with Crippen LogP contribution < -0.4 is 10.1 Å². The first-order chi connectivity index (χ1) is 12.7. The molecule has 0 radical (unpaired) electrons. The fourth-order valence-electron chi connectivity index (χ4n) is 3.75. The Hall–Kier alpha value is -2.75. The Morgan fingerprint density at radius 2 is 2.12 bits per heavy atom. The SMILES string of the molecule is Cc1cccc2c(CCNC(=O)[C@H]3CCOc4ccccc4C3)c[nH]c12. The first kappa shape index (κ1) is 16.7. The maximum atomic E-state index is 12.6. The zero-order valence-electron chi connectivity index (χ0n) is 15.0. The minimum Gasteiger partial charge on any atom is -0.493 e. The van der Waals surface area contributed by atoms with Gasteiger partial charge in [0.25, 0.3) is 0 Å². The molecule has 2 N–H and O–H groups in total. The lowest BCUT2D eigenvalue weighted by Crippen LogP contribution is -2.33. The highest BCUT2D eigenvalue weighted by atomic mass is 16.5. The molecule has 0 fully saturated rings. The Labute approximate surface area is 153 Å². The first-order valence-corrected chi connectivity index (χ1v) is 9.26. The van der Waals surface area contributed by atoms with E-state index in [4.69, 9.17) is 4.74 Å². The third-order valence-corrected chi connectivity index (χ3v) is 5.24. The van der Waals surface area contributed by atoms with Gasteiger partial charge in [0.15, 0.2) is 0 Å². The van der Waals surface area contributed by atoms with Crippen LogP contribution in [0.15, 0.2) is 48.7 Å². The summed E-state index contributed by atoms with van der Waals surface area (Å²) in [6.45, 7) is 3.35. The van der Waals surface area contributed by atoms with Gasteiger partial charge in [-0.3, -0.25) is 4.79 Å². The van der Waals surface area contributed by atoms with Gasteiger partial charge in [-0.2, -0.15) is 0 Å². The van der Waals surface area contributed by atoms with Crippen LogP contribution in [0.2, 0.25) is 0 Å². The van der Waals surface area contributed by atoms with E-state index in [0.717, 1.165) is 30.6 Å². The maximum Gasteiger partial charge on any atom is 0.223 e. The molecule has 2 aromatic carbocycles. The number of carbonyl (C=O) groups excluding carboxylic acids is 1. The average molecular weight is 348 g/mol. The summed E-state index contributed by atoms with van der Waals surface area (Å²) < 4.78 is 5.77. The van der Waals surface area contributed by atoms with Crippen LogP contribution in [0.4, 0.5) is 0 Å². The largest absolute Gasteiger partial charge is 0.493 e. The van der Waals surface area contributed by atoms with Crippen molar-refractivity contribution in [3.05, 3.63) is 65.4 Å². The summed E-state index contributed by atoms with van der Waals surface area (Å²) in [5.41, 5.74) is 4.80. The molecule has 0 saturated carbocycles. The summed E-state index contributed by atoms with van der Waals surface area (Å²) in [7, 11) is 0. The molecule has 0 saturated heterocycles. The molecule has 0 unspecified atom stereocenters. The second-order valence-corrected chi connectivity index (χ2v) is 7.00. The molecule has 0 spiro atoms. The van der Waals surface area contributed by atoms with E-state index in [1.807, 2.05) is 18.2 Å². The van der Waals surface area contributed by atoms with Gasteiger partial charge in [-0.25, -0.2) is 0 Å². The molecule has 1 aromatic heterocycles. The molecule has 1 amide bonds. The topological polar surface area (TPSA) is 54.1 Å². The predicted molar refractivity (Wildman–Crippen MR) is 103 cm³/mol. The number of aryl methyl sites for hydroxylation is 1. The zero-order chi connectivity index (χ0) is 17.9. The van der Waals surface area contributed by atoms with Crippen molar-refractivity contribution in [1.29, 1.82) is 0 Å². The van der Waals surface area contributed by atoms with E-state index in [2.05, 4.69) is 47.7 Å². The number of hydrogen-bond acceptors (Lipinski definition) is 2. The minimum atomic E-state index is -0.0242.